The third kappa shape index (κ3) is 4.44. The van der Waals surface area contributed by atoms with Gasteiger partial charge in [-0.1, -0.05) is 31.0 Å². The predicted octanol–water partition coefficient (Wildman–Crippen LogP) is 2.56. The molecule has 2 atom stereocenters. The van der Waals surface area contributed by atoms with Crippen molar-refractivity contribution in [3.8, 4) is 0 Å². The van der Waals surface area contributed by atoms with Crippen LogP contribution in [0.2, 0.25) is 0 Å². The number of piperidine rings is 1. The molecule has 5 heteroatoms. The zero-order valence-corrected chi connectivity index (χ0v) is 15.7. The van der Waals surface area contributed by atoms with Gasteiger partial charge in [0, 0.05) is 30.7 Å². The van der Waals surface area contributed by atoms with E-state index in [1.807, 2.05) is 42.2 Å². The first-order chi connectivity index (χ1) is 12.5. The minimum Gasteiger partial charge on any atom is -0.356 e. The van der Waals surface area contributed by atoms with Gasteiger partial charge in [-0.05, 0) is 50.7 Å². The molecule has 1 saturated carbocycles. The Morgan fingerprint density at radius 2 is 1.85 bits per heavy atom. The van der Waals surface area contributed by atoms with E-state index in [9.17, 15) is 9.59 Å². The van der Waals surface area contributed by atoms with Crippen molar-refractivity contribution in [2.24, 2.45) is 17.6 Å². The highest BCUT2D eigenvalue weighted by Gasteiger charge is 2.37. The maximum absolute atomic E-state index is 12.6. The van der Waals surface area contributed by atoms with Crippen LogP contribution in [-0.2, 0) is 4.79 Å². The summed E-state index contributed by atoms with van der Waals surface area (Å²) in [6.07, 6.45) is 5.89. The Balaban J connectivity index is 1.44. The molecule has 1 heterocycles. The molecule has 2 unspecified atom stereocenters. The molecule has 1 aromatic rings. The maximum Gasteiger partial charge on any atom is 0.253 e. The zero-order valence-electron chi connectivity index (χ0n) is 15.7. The second-order valence-electron chi connectivity index (χ2n) is 8.15. The van der Waals surface area contributed by atoms with Gasteiger partial charge in [0.1, 0.15) is 0 Å². The first-order valence-electron chi connectivity index (χ1n) is 9.88. The van der Waals surface area contributed by atoms with E-state index in [1.165, 1.54) is 0 Å². The molecule has 26 heavy (non-hydrogen) atoms. The molecule has 1 saturated heterocycles. The second kappa shape index (κ2) is 8.21. The molecular weight excluding hydrogens is 326 g/mol. The summed E-state index contributed by atoms with van der Waals surface area (Å²) in [6.45, 7) is 4.21. The summed E-state index contributed by atoms with van der Waals surface area (Å²) < 4.78 is 0. The van der Waals surface area contributed by atoms with Crippen LogP contribution >= 0.6 is 0 Å². The molecule has 1 aliphatic heterocycles. The van der Waals surface area contributed by atoms with E-state index in [0.29, 0.717) is 12.5 Å². The lowest BCUT2D eigenvalue weighted by Crippen LogP contribution is -2.53. The van der Waals surface area contributed by atoms with Crippen molar-refractivity contribution in [2.45, 2.75) is 51.0 Å². The summed E-state index contributed by atoms with van der Waals surface area (Å²) in [4.78, 5) is 27.0. The van der Waals surface area contributed by atoms with Crippen LogP contribution in [-0.4, -0.2) is 41.9 Å². The standard InChI is InChI=1S/C21H31N3O2/c1-21(22)12-6-5-9-18(21)19(25)23-15-16-10-13-24(14-11-16)20(26)17-7-3-2-4-8-17/h2-4,7-8,16,18H,5-6,9-15,22H2,1H3,(H,23,25). The van der Waals surface area contributed by atoms with Crippen molar-refractivity contribution in [1.82, 2.24) is 10.2 Å². The van der Waals surface area contributed by atoms with E-state index >= 15 is 0 Å². The predicted molar refractivity (Wildman–Crippen MR) is 103 cm³/mol. The van der Waals surface area contributed by atoms with E-state index in [1.54, 1.807) is 0 Å². The van der Waals surface area contributed by atoms with Crippen LogP contribution in [0.3, 0.4) is 0 Å². The van der Waals surface area contributed by atoms with E-state index < -0.39 is 0 Å². The Hall–Kier alpha value is -1.88. The van der Waals surface area contributed by atoms with Gasteiger partial charge in [-0.3, -0.25) is 9.59 Å². The van der Waals surface area contributed by atoms with Gasteiger partial charge in [0.05, 0.1) is 5.92 Å². The number of hydrogen-bond donors (Lipinski definition) is 2. The lowest BCUT2D eigenvalue weighted by atomic mass is 9.74. The van der Waals surface area contributed by atoms with Crippen molar-refractivity contribution >= 4 is 11.8 Å². The molecule has 5 nitrogen and oxygen atoms in total. The number of nitrogens with two attached hydrogens (primary N) is 1. The minimum absolute atomic E-state index is 0.0732. The molecule has 0 bridgehead atoms. The first-order valence-corrected chi connectivity index (χ1v) is 9.88. The van der Waals surface area contributed by atoms with E-state index in [-0.39, 0.29) is 23.3 Å². The fourth-order valence-corrected chi connectivity index (χ4v) is 4.26. The average molecular weight is 357 g/mol. The topological polar surface area (TPSA) is 75.4 Å². The average Bonchev–Trinajstić information content (AvgIpc) is 2.66. The van der Waals surface area contributed by atoms with Gasteiger partial charge in [-0.15, -0.1) is 0 Å². The molecule has 142 valence electrons. The van der Waals surface area contributed by atoms with Crippen LogP contribution in [0.1, 0.15) is 55.8 Å². The lowest BCUT2D eigenvalue weighted by molar-refractivity contribution is -0.128. The normalized spacial score (nSPS) is 27.2. The van der Waals surface area contributed by atoms with Crippen LogP contribution in [0.4, 0.5) is 0 Å². The number of likely N-dealkylation sites (tertiary alicyclic amines) is 1. The Morgan fingerprint density at radius 3 is 2.50 bits per heavy atom. The molecule has 1 aromatic carbocycles. The maximum atomic E-state index is 12.6. The Labute approximate surface area is 156 Å². The number of hydrogen-bond acceptors (Lipinski definition) is 3. The number of benzene rings is 1. The molecule has 1 aliphatic carbocycles. The number of amides is 2. The third-order valence-corrected chi connectivity index (χ3v) is 6.06. The zero-order chi connectivity index (χ0) is 18.6. The molecule has 0 aromatic heterocycles. The molecule has 0 spiro atoms. The second-order valence-corrected chi connectivity index (χ2v) is 8.15. The van der Waals surface area contributed by atoms with E-state index in [4.69, 9.17) is 5.73 Å². The molecular formula is C21H31N3O2. The first kappa shape index (κ1) is 18.9. The van der Waals surface area contributed by atoms with Crippen molar-refractivity contribution < 1.29 is 9.59 Å². The summed E-state index contributed by atoms with van der Waals surface area (Å²) in [5.41, 5.74) is 6.70. The number of rotatable bonds is 4. The Morgan fingerprint density at radius 1 is 1.15 bits per heavy atom. The van der Waals surface area contributed by atoms with Gasteiger partial charge in [0.25, 0.3) is 5.91 Å². The van der Waals surface area contributed by atoms with Gasteiger partial charge < -0.3 is 16.0 Å². The van der Waals surface area contributed by atoms with Gasteiger partial charge in [-0.2, -0.15) is 0 Å². The van der Waals surface area contributed by atoms with Crippen molar-refractivity contribution in [2.75, 3.05) is 19.6 Å². The van der Waals surface area contributed by atoms with Crippen LogP contribution in [0.25, 0.3) is 0 Å². The van der Waals surface area contributed by atoms with Crippen LogP contribution < -0.4 is 11.1 Å². The number of nitrogens with zero attached hydrogens (tertiary/aromatic N) is 1. The van der Waals surface area contributed by atoms with E-state index in [2.05, 4.69) is 5.32 Å². The number of carbonyl (C=O) groups excluding carboxylic acids is 2. The monoisotopic (exact) mass is 357 g/mol. The Bertz CT molecular complexity index is 621. The number of nitrogens with one attached hydrogen (secondary N) is 1. The highest BCUT2D eigenvalue weighted by molar-refractivity contribution is 5.94. The fraction of sp³-hybridized carbons (Fsp3) is 0.619. The van der Waals surface area contributed by atoms with Crippen LogP contribution in [0, 0.1) is 11.8 Å². The SMILES string of the molecule is CC1(N)CCCCC1C(=O)NCC1CCN(C(=O)c2ccccc2)CC1. The number of carbonyl (C=O) groups is 2. The van der Waals surface area contributed by atoms with Gasteiger partial charge >= 0.3 is 0 Å². The fourth-order valence-electron chi connectivity index (χ4n) is 4.26. The van der Waals surface area contributed by atoms with Gasteiger partial charge in [0.2, 0.25) is 5.91 Å². The summed E-state index contributed by atoms with van der Waals surface area (Å²) in [7, 11) is 0. The molecule has 2 fully saturated rings. The quantitative estimate of drug-likeness (QED) is 0.869. The molecule has 3 rings (SSSR count). The summed E-state index contributed by atoms with van der Waals surface area (Å²) >= 11 is 0. The smallest absolute Gasteiger partial charge is 0.253 e. The molecule has 2 aliphatic rings. The summed E-state index contributed by atoms with van der Waals surface area (Å²) in [6, 6.07) is 9.44. The lowest BCUT2D eigenvalue weighted by Gasteiger charge is -2.38. The van der Waals surface area contributed by atoms with Crippen molar-refractivity contribution in [1.29, 1.82) is 0 Å². The molecule has 2 amide bonds. The van der Waals surface area contributed by atoms with Crippen LogP contribution in [0.15, 0.2) is 30.3 Å². The van der Waals surface area contributed by atoms with Gasteiger partial charge in [0.15, 0.2) is 0 Å². The van der Waals surface area contributed by atoms with E-state index in [0.717, 1.165) is 57.2 Å². The Kier molecular flexibility index (Phi) is 5.97. The largest absolute Gasteiger partial charge is 0.356 e. The minimum atomic E-state index is -0.381. The van der Waals surface area contributed by atoms with Crippen molar-refractivity contribution in [3.63, 3.8) is 0 Å². The highest BCUT2D eigenvalue weighted by Crippen LogP contribution is 2.31. The van der Waals surface area contributed by atoms with Crippen LogP contribution in [0.5, 0.6) is 0 Å². The molecule has 0 radical (unpaired) electrons. The van der Waals surface area contributed by atoms with Gasteiger partial charge in [-0.25, -0.2) is 0 Å². The van der Waals surface area contributed by atoms with Crippen molar-refractivity contribution in [3.05, 3.63) is 35.9 Å². The third-order valence-electron chi connectivity index (χ3n) is 6.06. The molecule has 3 N–H and O–H groups in total. The summed E-state index contributed by atoms with van der Waals surface area (Å²) in [5.74, 6) is 0.578. The summed E-state index contributed by atoms with van der Waals surface area (Å²) in [5, 5.41) is 3.13. The highest BCUT2D eigenvalue weighted by atomic mass is 16.2.